The van der Waals surface area contributed by atoms with Crippen molar-refractivity contribution in [3.63, 3.8) is 0 Å². The summed E-state index contributed by atoms with van der Waals surface area (Å²) in [6.45, 7) is 0. The van der Waals surface area contributed by atoms with E-state index in [2.05, 4.69) is 17.1 Å². The molecular weight excluding hydrogens is 198 g/mol. The first kappa shape index (κ1) is 8.97. The highest BCUT2D eigenvalue weighted by Crippen LogP contribution is 2.23. The molecule has 3 nitrogen and oxygen atoms in total. The third-order valence-electron chi connectivity index (χ3n) is 2.62. The highest BCUT2D eigenvalue weighted by molar-refractivity contribution is 5.74. The molecule has 0 aliphatic carbocycles. The number of benzene rings is 1. The van der Waals surface area contributed by atoms with Crippen LogP contribution in [0.5, 0.6) is 0 Å². The zero-order valence-electron chi connectivity index (χ0n) is 8.67. The van der Waals surface area contributed by atoms with Crippen LogP contribution in [-0.2, 0) is 0 Å². The lowest BCUT2D eigenvalue weighted by Crippen LogP contribution is -1.93. The molecule has 0 aliphatic heterocycles. The average Bonchev–Trinajstić information content (AvgIpc) is 2.79. The second-order valence-corrected chi connectivity index (χ2v) is 3.71. The summed E-state index contributed by atoms with van der Waals surface area (Å²) in [6.07, 6.45) is 5.69. The van der Waals surface area contributed by atoms with Gasteiger partial charge in [-0.2, -0.15) is 0 Å². The molecule has 0 atom stereocenters. The molecule has 2 N–H and O–H groups in total. The van der Waals surface area contributed by atoms with E-state index in [0.717, 1.165) is 16.8 Å². The van der Waals surface area contributed by atoms with Crippen LogP contribution in [0, 0.1) is 0 Å². The number of pyridine rings is 1. The molecule has 3 rings (SSSR count). The van der Waals surface area contributed by atoms with Crippen LogP contribution >= 0.6 is 0 Å². The van der Waals surface area contributed by atoms with E-state index in [1.165, 1.54) is 0 Å². The minimum atomic E-state index is 0.700. The van der Waals surface area contributed by atoms with E-state index in [9.17, 15) is 0 Å². The van der Waals surface area contributed by atoms with Crippen LogP contribution in [0.3, 0.4) is 0 Å². The second-order valence-electron chi connectivity index (χ2n) is 3.71. The first-order chi connectivity index (χ1) is 7.84. The second kappa shape index (κ2) is 3.38. The van der Waals surface area contributed by atoms with Gasteiger partial charge in [0.2, 0.25) is 0 Å². The van der Waals surface area contributed by atoms with Gasteiger partial charge < -0.3 is 10.1 Å². The van der Waals surface area contributed by atoms with Crippen molar-refractivity contribution >= 4 is 11.3 Å². The minimum absolute atomic E-state index is 0.700. The number of imidazole rings is 1. The molecule has 0 saturated heterocycles. The monoisotopic (exact) mass is 209 g/mol. The van der Waals surface area contributed by atoms with Crippen LogP contribution in [0.15, 0.2) is 55.0 Å². The topological polar surface area (TPSA) is 43.3 Å². The zero-order chi connectivity index (χ0) is 11.0. The number of rotatable bonds is 1. The molecule has 0 fully saturated rings. The Hall–Kier alpha value is -2.29. The summed E-state index contributed by atoms with van der Waals surface area (Å²) >= 11 is 0. The van der Waals surface area contributed by atoms with Gasteiger partial charge in [0, 0.05) is 24.2 Å². The van der Waals surface area contributed by atoms with Crippen LogP contribution in [0.1, 0.15) is 0 Å². The third-order valence-corrected chi connectivity index (χ3v) is 2.62. The van der Waals surface area contributed by atoms with Crippen molar-refractivity contribution < 1.29 is 0 Å². The smallest absolute Gasteiger partial charge is 0.160 e. The Morgan fingerprint density at radius 2 is 1.88 bits per heavy atom. The summed E-state index contributed by atoms with van der Waals surface area (Å²) in [6, 6.07) is 12.1. The molecule has 1 aromatic carbocycles. The Morgan fingerprint density at radius 3 is 2.69 bits per heavy atom. The lowest BCUT2D eigenvalue weighted by atomic mass is 10.1. The Kier molecular flexibility index (Phi) is 1.90. The van der Waals surface area contributed by atoms with Gasteiger partial charge >= 0.3 is 0 Å². The molecule has 0 aliphatic rings. The van der Waals surface area contributed by atoms with Crippen LogP contribution in [0.2, 0.25) is 0 Å². The quantitative estimate of drug-likeness (QED) is 0.669. The summed E-state index contributed by atoms with van der Waals surface area (Å²) in [5, 5.41) is 0. The van der Waals surface area contributed by atoms with Gasteiger partial charge in [-0.3, -0.25) is 0 Å². The summed E-state index contributed by atoms with van der Waals surface area (Å²) in [5.41, 5.74) is 9.72. The lowest BCUT2D eigenvalue weighted by Gasteiger charge is -2.05. The first-order valence-electron chi connectivity index (χ1n) is 5.12. The van der Waals surface area contributed by atoms with E-state index in [1.54, 1.807) is 6.20 Å². The van der Waals surface area contributed by atoms with E-state index in [-0.39, 0.29) is 0 Å². The number of hydrogen-bond donors (Lipinski definition) is 1. The summed E-state index contributed by atoms with van der Waals surface area (Å²) in [5.74, 6) is 0. The fourth-order valence-electron chi connectivity index (χ4n) is 1.85. The fraction of sp³-hybridized carbons (Fsp3) is 0. The molecular formula is C13H11N3. The van der Waals surface area contributed by atoms with Crippen molar-refractivity contribution in [1.29, 1.82) is 0 Å². The molecule has 3 aromatic rings. The van der Waals surface area contributed by atoms with Crippen molar-refractivity contribution in [3.8, 4) is 11.1 Å². The number of aromatic nitrogens is 2. The van der Waals surface area contributed by atoms with Gasteiger partial charge in [-0.05, 0) is 11.6 Å². The molecule has 0 saturated carbocycles. The van der Waals surface area contributed by atoms with Crippen LogP contribution in [-0.4, -0.2) is 9.38 Å². The summed E-state index contributed by atoms with van der Waals surface area (Å²) in [4.78, 5) is 4.19. The van der Waals surface area contributed by atoms with Crippen LogP contribution < -0.4 is 5.73 Å². The maximum atomic E-state index is 5.96. The van der Waals surface area contributed by atoms with Crippen molar-refractivity contribution in [3.05, 3.63) is 55.0 Å². The summed E-state index contributed by atoms with van der Waals surface area (Å²) < 4.78 is 1.94. The van der Waals surface area contributed by atoms with Crippen molar-refractivity contribution in [2.24, 2.45) is 0 Å². The summed E-state index contributed by atoms with van der Waals surface area (Å²) in [7, 11) is 0. The number of hydrogen-bond acceptors (Lipinski definition) is 2. The molecule has 16 heavy (non-hydrogen) atoms. The number of anilines is 1. The molecule has 3 heteroatoms. The van der Waals surface area contributed by atoms with Gasteiger partial charge in [0.1, 0.15) is 0 Å². The lowest BCUT2D eigenvalue weighted by molar-refractivity contribution is 1.19. The Bertz CT molecular complexity index is 626. The molecule has 0 bridgehead atoms. The van der Waals surface area contributed by atoms with E-state index >= 15 is 0 Å². The maximum absolute atomic E-state index is 5.96. The molecule has 0 spiro atoms. The van der Waals surface area contributed by atoms with Crippen molar-refractivity contribution in [2.45, 2.75) is 0 Å². The van der Waals surface area contributed by atoms with Gasteiger partial charge in [0.25, 0.3) is 0 Å². The average molecular weight is 209 g/mol. The van der Waals surface area contributed by atoms with Gasteiger partial charge in [-0.25, -0.2) is 4.98 Å². The highest BCUT2D eigenvalue weighted by atomic mass is 15.0. The molecule has 2 heterocycles. The minimum Gasteiger partial charge on any atom is -0.396 e. The SMILES string of the molecule is Nc1cc(-c2ccccc2)cn2ccnc12. The van der Waals surface area contributed by atoms with Crippen LogP contribution in [0.25, 0.3) is 16.8 Å². The van der Waals surface area contributed by atoms with Gasteiger partial charge in [-0.1, -0.05) is 30.3 Å². The molecule has 0 amide bonds. The van der Waals surface area contributed by atoms with E-state index in [4.69, 9.17) is 5.73 Å². The molecule has 0 unspecified atom stereocenters. The van der Waals surface area contributed by atoms with Gasteiger partial charge in [-0.15, -0.1) is 0 Å². The first-order valence-corrected chi connectivity index (χ1v) is 5.12. The Balaban J connectivity index is 2.25. The standard InChI is InChI=1S/C13H11N3/c14-12-8-11(10-4-2-1-3-5-10)9-16-7-6-15-13(12)16/h1-9H,14H2. The molecule has 2 aromatic heterocycles. The predicted molar refractivity (Wildman–Crippen MR) is 65.0 cm³/mol. The normalized spacial score (nSPS) is 10.8. The number of nitrogen functional groups attached to an aromatic ring is 1. The van der Waals surface area contributed by atoms with E-state index < -0.39 is 0 Å². The largest absolute Gasteiger partial charge is 0.396 e. The molecule has 78 valence electrons. The van der Waals surface area contributed by atoms with E-state index in [1.807, 2.05) is 41.1 Å². The van der Waals surface area contributed by atoms with E-state index in [0.29, 0.717) is 5.69 Å². The van der Waals surface area contributed by atoms with Gasteiger partial charge in [0.05, 0.1) is 5.69 Å². The van der Waals surface area contributed by atoms with Crippen molar-refractivity contribution in [1.82, 2.24) is 9.38 Å². The molecule has 0 radical (unpaired) electrons. The third kappa shape index (κ3) is 1.34. The van der Waals surface area contributed by atoms with Crippen LogP contribution in [0.4, 0.5) is 5.69 Å². The predicted octanol–water partition coefficient (Wildman–Crippen LogP) is 2.58. The Morgan fingerprint density at radius 1 is 1.06 bits per heavy atom. The number of fused-ring (bicyclic) bond motifs is 1. The zero-order valence-corrected chi connectivity index (χ0v) is 8.67. The fourth-order valence-corrected chi connectivity index (χ4v) is 1.85. The van der Waals surface area contributed by atoms with Crippen molar-refractivity contribution in [2.75, 3.05) is 5.73 Å². The maximum Gasteiger partial charge on any atom is 0.160 e. The number of nitrogens with zero attached hydrogens (tertiary/aromatic N) is 2. The Labute approximate surface area is 93.2 Å². The highest BCUT2D eigenvalue weighted by Gasteiger charge is 2.03. The number of nitrogens with two attached hydrogens (primary N) is 1. The van der Waals surface area contributed by atoms with Gasteiger partial charge in [0.15, 0.2) is 5.65 Å².